The van der Waals surface area contributed by atoms with E-state index in [1.807, 2.05) is 18.2 Å². The molecular formula is C21H21ClN2O3. The molecule has 0 bridgehead atoms. The van der Waals surface area contributed by atoms with Crippen molar-refractivity contribution < 1.29 is 14.6 Å². The van der Waals surface area contributed by atoms with Gasteiger partial charge in [-0.15, -0.1) is 0 Å². The fraction of sp³-hybridized carbons (Fsp3) is 0.238. The molecule has 1 heterocycles. The van der Waals surface area contributed by atoms with Crippen molar-refractivity contribution in [2.45, 2.75) is 26.7 Å². The van der Waals surface area contributed by atoms with E-state index in [1.54, 1.807) is 25.1 Å². The highest BCUT2D eigenvalue weighted by molar-refractivity contribution is 6.35. The average Bonchev–Trinajstić information content (AvgIpc) is 2.65. The van der Waals surface area contributed by atoms with E-state index in [-0.39, 0.29) is 16.6 Å². The van der Waals surface area contributed by atoms with Crippen LogP contribution in [0.15, 0.2) is 42.5 Å². The van der Waals surface area contributed by atoms with Gasteiger partial charge in [-0.2, -0.15) is 0 Å². The number of aromatic nitrogens is 1. The molecule has 3 rings (SSSR count). The van der Waals surface area contributed by atoms with Crippen LogP contribution in [-0.2, 0) is 0 Å². The maximum atomic E-state index is 12.0. The second-order valence-corrected chi connectivity index (χ2v) is 6.85. The number of benzene rings is 2. The van der Waals surface area contributed by atoms with Crippen LogP contribution >= 0.6 is 11.6 Å². The molecule has 1 amide bonds. The van der Waals surface area contributed by atoms with E-state index in [2.05, 4.69) is 30.2 Å². The SMILES string of the molecule is CCNC(=O)c1nc(Cl)c2cc(Oc3cccc(C(C)C)c3)ccc2c1O. The highest BCUT2D eigenvalue weighted by Crippen LogP contribution is 2.35. The van der Waals surface area contributed by atoms with E-state index in [9.17, 15) is 9.90 Å². The Bertz CT molecular complexity index is 1000. The number of ether oxygens (including phenoxy) is 1. The molecule has 0 radical (unpaired) electrons. The van der Waals surface area contributed by atoms with Gasteiger partial charge in [0.1, 0.15) is 16.7 Å². The predicted molar refractivity (Wildman–Crippen MR) is 107 cm³/mol. The zero-order chi connectivity index (χ0) is 19.6. The van der Waals surface area contributed by atoms with Crippen LogP contribution in [0.1, 0.15) is 42.7 Å². The van der Waals surface area contributed by atoms with Crippen molar-refractivity contribution in [2.75, 3.05) is 6.54 Å². The number of nitrogens with zero attached hydrogens (tertiary/aromatic N) is 1. The van der Waals surface area contributed by atoms with Gasteiger partial charge in [-0.25, -0.2) is 4.98 Å². The maximum Gasteiger partial charge on any atom is 0.273 e. The molecule has 0 aliphatic rings. The van der Waals surface area contributed by atoms with Crippen LogP contribution in [0.25, 0.3) is 10.8 Å². The molecule has 2 N–H and O–H groups in total. The van der Waals surface area contributed by atoms with Crippen molar-refractivity contribution in [3.8, 4) is 17.2 Å². The summed E-state index contributed by atoms with van der Waals surface area (Å²) in [7, 11) is 0. The molecule has 0 saturated carbocycles. The fourth-order valence-electron chi connectivity index (χ4n) is 2.78. The third-order valence-electron chi connectivity index (χ3n) is 4.22. The number of aromatic hydroxyl groups is 1. The molecule has 3 aromatic rings. The molecule has 1 aromatic heterocycles. The Kier molecular flexibility index (Phi) is 5.51. The van der Waals surface area contributed by atoms with Crippen molar-refractivity contribution in [2.24, 2.45) is 0 Å². The van der Waals surface area contributed by atoms with Crippen LogP contribution < -0.4 is 10.1 Å². The van der Waals surface area contributed by atoms with Gasteiger partial charge in [0.15, 0.2) is 11.4 Å². The summed E-state index contributed by atoms with van der Waals surface area (Å²) in [4.78, 5) is 16.1. The lowest BCUT2D eigenvalue weighted by Crippen LogP contribution is -2.23. The normalized spacial score (nSPS) is 11.0. The number of nitrogens with one attached hydrogen (secondary N) is 1. The molecule has 140 valence electrons. The van der Waals surface area contributed by atoms with Gasteiger partial charge in [-0.3, -0.25) is 4.79 Å². The first-order chi connectivity index (χ1) is 12.9. The first-order valence-corrected chi connectivity index (χ1v) is 9.16. The van der Waals surface area contributed by atoms with Crippen molar-refractivity contribution in [3.05, 3.63) is 58.9 Å². The number of fused-ring (bicyclic) bond motifs is 1. The Hall–Kier alpha value is -2.79. The Balaban J connectivity index is 1.98. The molecular weight excluding hydrogens is 364 g/mol. The maximum absolute atomic E-state index is 12.0. The van der Waals surface area contributed by atoms with E-state index < -0.39 is 5.91 Å². The molecule has 0 spiro atoms. The zero-order valence-corrected chi connectivity index (χ0v) is 16.2. The number of rotatable bonds is 5. The van der Waals surface area contributed by atoms with E-state index in [0.29, 0.717) is 34.7 Å². The molecule has 0 unspecified atom stereocenters. The van der Waals surface area contributed by atoms with Gasteiger partial charge in [0, 0.05) is 17.3 Å². The van der Waals surface area contributed by atoms with Gasteiger partial charge < -0.3 is 15.2 Å². The van der Waals surface area contributed by atoms with Gasteiger partial charge in [-0.05, 0) is 48.7 Å². The number of hydrogen-bond donors (Lipinski definition) is 2. The molecule has 0 saturated heterocycles. The summed E-state index contributed by atoms with van der Waals surface area (Å²) in [6.07, 6.45) is 0. The molecule has 0 fully saturated rings. The minimum absolute atomic E-state index is 0.0901. The summed E-state index contributed by atoms with van der Waals surface area (Å²) in [5.74, 6) is 1.01. The molecule has 0 atom stereocenters. The van der Waals surface area contributed by atoms with Crippen molar-refractivity contribution in [1.29, 1.82) is 0 Å². The lowest BCUT2D eigenvalue weighted by Gasteiger charge is -2.12. The first kappa shape index (κ1) is 19.0. The van der Waals surface area contributed by atoms with Crippen LogP contribution in [0, 0.1) is 0 Å². The summed E-state index contributed by atoms with van der Waals surface area (Å²) in [5, 5.41) is 14.1. The Morgan fingerprint density at radius 1 is 1.19 bits per heavy atom. The van der Waals surface area contributed by atoms with Crippen molar-refractivity contribution in [1.82, 2.24) is 10.3 Å². The second-order valence-electron chi connectivity index (χ2n) is 6.50. The smallest absolute Gasteiger partial charge is 0.273 e. The summed E-state index contributed by atoms with van der Waals surface area (Å²) in [6.45, 7) is 6.46. The van der Waals surface area contributed by atoms with Crippen LogP contribution in [-0.4, -0.2) is 22.5 Å². The van der Waals surface area contributed by atoms with E-state index in [4.69, 9.17) is 16.3 Å². The minimum Gasteiger partial charge on any atom is -0.505 e. The Morgan fingerprint density at radius 3 is 2.63 bits per heavy atom. The molecule has 2 aromatic carbocycles. The molecule has 0 aliphatic heterocycles. The molecule has 6 heteroatoms. The lowest BCUT2D eigenvalue weighted by molar-refractivity contribution is 0.0948. The van der Waals surface area contributed by atoms with Gasteiger partial charge in [-0.1, -0.05) is 37.6 Å². The monoisotopic (exact) mass is 384 g/mol. The highest BCUT2D eigenvalue weighted by Gasteiger charge is 2.18. The highest BCUT2D eigenvalue weighted by atomic mass is 35.5. The fourth-order valence-corrected chi connectivity index (χ4v) is 3.02. The number of carbonyl (C=O) groups is 1. The van der Waals surface area contributed by atoms with Crippen LogP contribution in [0.5, 0.6) is 17.2 Å². The number of halogens is 1. The van der Waals surface area contributed by atoms with Crippen LogP contribution in [0.3, 0.4) is 0 Å². The van der Waals surface area contributed by atoms with Gasteiger partial charge in [0.25, 0.3) is 5.91 Å². The number of pyridine rings is 1. The topological polar surface area (TPSA) is 71.5 Å². The van der Waals surface area contributed by atoms with Gasteiger partial charge in [0.2, 0.25) is 0 Å². The summed E-state index contributed by atoms with van der Waals surface area (Å²) in [5.41, 5.74) is 1.09. The standard InChI is InChI=1S/C21H21ClN2O3/c1-4-23-21(26)18-19(25)16-9-8-15(11-17(16)20(22)24-18)27-14-7-5-6-13(10-14)12(2)3/h5-12,25H,4H2,1-3H3,(H,23,26). The largest absolute Gasteiger partial charge is 0.505 e. The van der Waals surface area contributed by atoms with Crippen LogP contribution in [0.2, 0.25) is 5.15 Å². The third-order valence-corrected chi connectivity index (χ3v) is 4.50. The zero-order valence-electron chi connectivity index (χ0n) is 15.4. The van der Waals surface area contributed by atoms with E-state index >= 15 is 0 Å². The Morgan fingerprint density at radius 2 is 1.93 bits per heavy atom. The Labute approximate surface area is 163 Å². The second kappa shape index (κ2) is 7.84. The summed E-state index contributed by atoms with van der Waals surface area (Å²) in [6, 6.07) is 13.0. The number of carbonyl (C=O) groups excluding carboxylic acids is 1. The summed E-state index contributed by atoms with van der Waals surface area (Å²) >= 11 is 6.26. The van der Waals surface area contributed by atoms with Gasteiger partial charge >= 0.3 is 0 Å². The number of amides is 1. The first-order valence-electron chi connectivity index (χ1n) is 8.79. The summed E-state index contributed by atoms with van der Waals surface area (Å²) < 4.78 is 5.94. The predicted octanol–water partition coefficient (Wildman–Crippen LogP) is 5.26. The van der Waals surface area contributed by atoms with Crippen LogP contribution in [0.4, 0.5) is 0 Å². The molecule has 0 aliphatic carbocycles. The molecule has 27 heavy (non-hydrogen) atoms. The number of hydrogen-bond acceptors (Lipinski definition) is 4. The lowest BCUT2D eigenvalue weighted by atomic mass is 10.0. The van der Waals surface area contributed by atoms with E-state index in [1.165, 1.54) is 5.56 Å². The molecule has 5 nitrogen and oxygen atoms in total. The van der Waals surface area contributed by atoms with E-state index in [0.717, 1.165) is 0 Å². The quantitative estimate of drug-likeness (QED) is 0.588. The van der Waals surface area contributed by atoms with Gasteiger partial charge in [0.05, 0.1) is 0 Å². The average molecular weight is 385 g/mol. The van der Waals surface area contributed by atoms with Crippen molar-refractivity contribution in [3.63, 3.8) is 0 Å². The minimum atomic E-state index is -0.468. The van der Waals surface area contributed by atoms with Crippen molar-refractivity contribution >= 4 is 28.3 Å². The third kappa shape index (κ3) is 3.98.